The lowest BCUT2D eigenvalue weighted by atomic mass is 9.95. The number of piperidine rings is 1. The minimum atomic E-state index is -0.0183. The minimum Gasteiger partial charge on any atom is -0.352 e. The van der Waals surface area contributed by atoms with Crippen LogP contribution in [0, 0.1) is 5.92 Å². The lowest BCUT2D eigenvalue weighted by molar-refractivity contribution is -0.126. The van der Waals surface area contributed by atoms with Crippen LogP contribution in [0.15, 0.2) is 54.9 Å². The number of carbonyl (C=O) groups excluding carboxylic acids is 2. The quantitative estimate of drug-likeness (QED) is 0.939. The fourth-order valence-electron chi connectivity index (χ4n) is 2.95. The van der Waals surface area contributed by atoms with Gasteiger partial charge in [-0.25, -0.2) is 0 Å². The van der Waals surface area contributed by atoms with Gasteiger partial charge in [-0.1, -0.05) is 30.3 Å². The molecule has 1 aromatic heterocycles. The molecule has 124 valence electrons. The van der Waals surface area contributed by atoms with Crippen LogP contribution in [0.5, 0.6) is 0 Å². The summed E-state index contributed by atoms with van der Waals surface area (Å²) in [6.45, 7) is 1.78. The van der Waals surface area contributed by atoms with Crippen LogP contribution in [0.2, 0.25) is 0 Å². The van der Waals surface area contributed by atoms with Gasteiger partial charge in [0.05, 0.1) is 0 Å². The molecule has 0 unspecified atom stereocenters. The number of rotatable bonds is 4. The van der Waals surface area contributed by atoms with Crippen LogP contribution in [0.25, 0.3) is 0 Å². The third-order valence-corrected chi connectivity index (χ3v) is 4.39. The van der Waals surface area contributed by atoms with Crippen LogP contribution in [0.4, 0.5) is 0 Å². The molecule has 3 rings (SSSR count). The smallest absolute Gasteiger partial charge is 0.253 e. The molecule has 5 nitrogen and oxygen atoms in total. The second-order valence-corrected chi connectivity index (χ2v) is 6.01. The van der Waals surface area contributed by atoms with Crippen LogP contribution in [0.1, 0.15) is 28.8 Å². The Morgan fingerprint density at radius 2 is 1.71 bits per heavy atom. The van der Waals surface area contributed by atoms with Gasteiger partial charge in [0.25, 0.3) is 5.91 Å². The standard InChI is InChI=1S/C19H21N3O2/c23-18(21-14-15-4-2-1-3-5-15)16-8-12-22(13-9-16)19(24)17-6-10-20-11-7-17/h1-7,10-11,16H,8-9,12-14H2,(H,21,23). The Morgan fingerprint density at radius 3 is 2.38 bits per heavy atom. The van der Waals surface area contributed by atoms with Gasteiger partial charge in [0.1, 0.15) is 0 Å². The summed E-state index contributed by atoms with van der Waals surface area (Å²) < 4.78 is 0. The number of nitrogens with zero attached hydrogens (tertiary/aromatic N) is 2. The summed E-state index contributed by atoms with van der Waals surface area (Å²) >= 11 is 0. The van der Waals surface area contributed by atoms with Crippen molar-refractivity contribution < 1.29 is 9.59 Å². The molecule has 0 spiro atoms. The van der Waals surface area contributed by atoms with Gasteiger partial charge < -0.3 is 10.2 Å². The highest BCUT2D eigenvalue weighted by Gasteiger charge is 2.27. The van der Waals surface area contributed by atoms with E-state index in [-0.39, 0.29) is 17.7 Å². The number of likely N-dealkylation sites (tertiary alicyclic amines) is 1. The number of hydrogen-bond donors (Lipinski definition) is 1. The molecule has 1 fully saturated rings. The summed E-state index contributed by atoms with van der Waals surface area (Å²) in [5.74, 6) is 0.0746. The molecule has 2 amide bonds. The Bertz CT molecular complexity index is 680. The monoisotopic (exact) mass is 323 g/mol. The fourth-order valence-corrected chi connectivity index (χ4v) is 2.95. The van der Waals surface area contributed by atoms with Crippen molar-refractivity contribution in [2.45, 2.75) is 19.4 Å². The molecule has 0 atom stereocenters. The van der Waals surface area contributed by atoms with Gasteiger partial charge in [-0.05, 0) is 30.5 Å². The average Bonchev–Trinajstić information content (AvgIpc) is 2.67. The lowest BCUT2D eigenvalue weighted by Crippen LogP contribution is -2.42. The maximum Gasteiger partial charge on any atom is 0.253 e. The Morgan fingerprint density at radius 1 is 1.04 bits per heavy atom. The predicted molar refractivity (Wildman–Crippen MR) is 91.2 cm³/mol. The molecule has 0 bridgehead atoms. The van der Waals surface area contributed by atoms with E-state index in [4.69, 9.17) is 0 Å². The number of amides is 2. The molecule has 0 saturated carbocycles. The molecule has 1 aliphatic heterocycles. The molecule has 0 aliphatic carbocycles. The summed E-state index contributed by atoms with van der Waals surface area (Å²) in [4.78, 5) is 30.4. The van der Waals surface area contributed by atoms with Gasteiger partial charge in [0.2, 0.25) is 5.91 Å². The fraction of sp³-hybridized carbons (Fsp3) is 0.316. The molecule has 2 aromatic rings. The SMILES string of the molecule is O=C(NCc1ccccc1)C1CCN(C(=O)c2ccncc2)CC1. The third kappa shape index (κ3) is 3.98. The van der Waals surface area contributed by atoms with Crippen LogP contribution >= 0.6 is 0 Å². The zero-order valence-electron chi connectivity index (χ0n) is 13.5. The topological polar surface area (TPSA) is 62.3 Å². The van der Waals surface area contributed by atoms with Gasteiger partial charge in [0.15, 0.2) is 0 Å². The van der Waals surface area contributed by atoms with Crippen molar-refractivity contribution in [3.8, 4) is 0 Å². The van der Waals surface area contributed by atoms with E-state index in [1.54, 1.807) is 24.5 Å². The van der Waals surface area contributed by atoms with Crippen LogP contribution in [0.3, 0.4) is 0 Å². The van der Waals surface area contributed by atoms with E-state index in [1.807, 2.05) is 35.2 Å². The predicted octanol–water partition coefficient (Wildman–Crippen LogP) is 2.25. The summed E-state index contributed by atoms with van der Waals surface area (Å²) in [7, 11) is 0. The van der Waals surface area contributed by atoms with Crippen LogP contribution in [-0.4, -0.2) is 34.8 Å². The zero-order chi connectivity index (χ0) is 16.8. The maximum absolute atomic E-state index is 12.4. The van der Waals surface area contributed by atoms with E-state index < -0.39 is 0 Å². The Kier molecular flexibility index (Phi) is 5.21. The van der Waals surface area contributed by atoms with E-state index in [0.717, 1.165) is 5.56 Å². The normalized spacial score (nSPS) is 15.1. The average molecular weight is 323 g/mol. The second-order valence-electron chi connectivity index (χ2n) is 6.01. The first kappa shape index (κ1) is 16.2. The second kappa shape index (κ2) is 7.73. The number of nitrogens with one attached hydrogen (secondary N) is 1. The van der Waals surface area contributed by atoms with E-state index in [9.17, 15) is 9.59 Å². The summed E-state index contributed by atoms with van der Waals surface area (Å²) in [5, 5.41) is 2.99. The van der Waals surface area contributed by atoms with E-state index in [0.29, 0.717) is 38.0 Å². The third-order valence-electron chi connectivity index (χ3n) is 4.39. The molecular formula is C19H21N3O2. The van der Waals surface area contributed by atoms with Crippen LogP contribution in [-0.2, 0) is 11.3 Å². The van der Waals surface area contributed by atoms with Crippen molar-refractivity contribution in [3.63, 3.8) is 0 Å². The minimum absolute atomic E-state index is 0.0144. The van der Waals surface area contributed by atoms with E-state index in [2.05, 4.69) is 10.3 Å². The molecule has 1 saturated heterocycles. The number of benzene rings is 1. The van der Waals surface area contributed by atoms with Crippen LogP contribution < -0.4 is 5.32 Å². The van der Waals surface area contributed by atoms with Gasteiger partial charge in [-0.15, -0.1) is 0 Å². The lowest BCUT2D eigenvalue weighted by Gasteiger charge is -2.31. The molecule has 1 aliphatic rings. The first-order chi connectivity index (χ1) is 11.7. The van der Waals surface area contributed by atoms with Gasteiger partial charge >= 0.3 is 0 Å². The van der Waals surface area contributed by atoms with Crippen molar-refractivity contribution in [2.75, 3.05) is 13.1 Å². The van der Waals surface area contributed by atoms with Crippen molar-refractivity contribution >= 4 is 11.8 Å². The van der Waals surface area contributed by atoms with Crippen molar-refractivity contribution in [2.24, 2.45) is 5.92 Å². The maximum atomic E-state index is 12.4. The highest BCUT2D eigenvalue weighted by Crippen LogP contribution is 2.19. The largest absolute Gasteiger partial charge is 0.352 e. The van der Waals surface area contributed by atoms with E-state index >= 15 is 0 Å². The Hall–Kier alpha value is -2.69. The molecular weight excluding hydrogens is 302 g/mol. The van der Waals surface area contributed by atoms with Gasteiger partial charge in [-0.2, -0.15) is 0 Å². The van der Waals surface area contributed by atoms with Crippen molar-refractivity contribution in [1.82, 2.24) is 15.2 Å². The molecule has 1 aromatic carbocycles. The Balaban J connectivity index is 1.48. The molecule has 1 N–H and O–H groups in total. The van der Waals surface area contributed by atoms with E-state index in [1.165, 1.54) is 0 Å². The van der Waals surface area contributed by atoms with Gasteiger partial charge in [-0.3, -0.25) is 14.6 Å². The number of pyridine rings is 1. The summed E-state index contributed by atoms with van der Waals surface area (Å²) in [6.07, 6.45) is 4.66. The van der Waals surface area contributed by atoms with Gasteiger partial charge in [0, 0.05) is 43.5 Å². The zero-order valence-corrected chi connectivity index (χ0v) is 13.5. The molecule has 5 heteroatoms. The molecule has 24 heavy (non-hydrogen) atoms. The first-order valence-corrected chi connectivity index (χ1v) is 8.25. The number of aromatic nitrogens is 1. The molecule has 0 radical (unpaired) electrons. The number of hydrogen-bond acceptors (Lipinski definition) is 3. The summed E-state index contributed by atoms with van der Waals surface area (Å²) in [6, 6.07) is 13.3. The van der Waals surface area contributed by atoms with Crippen molar-refractivity contribution in [3.05, 3.63) is 66.0 Å². The highest BCUT2D eigenvalue weighted by atomic mass is 16.2. The Labute approximate surface area is 141 Å². The first-order valence-electron chi connectivity index (χ1n) is 8.25. The summed E-state index contributed by atoms with van der Waals surface area (Å²) in [5.41, 5.74) is 1.74. The number of carbonyl (C=O) groups is 2. The molecule has 2 heterocycles. The highest BCUT2D eigenvalue weighted by molar-refractivity contribution is 5.94. The van der Waals surface area contributed by atoms with Crippen molar-refractivity contribution in [1.29, 1.82) is 0 Å².